The lowest BCUT2D eigenvalue weighted by Gasteiger charge is -2.25. The summed E-state index contributed by atoms with van der Waals surface area (Å²) in [6.45, 7) is 3.66. The number of hydrogen-bond donors (Lipinski definition) is 1. The van der Waals surface area contributed by atoms with E-state index in [1.165, 1.54) is 18.4 Å². The normalized spacial score (nSPS) is 26.4. The van der Waals surface area contributed by atoms with Crippen LogP contribution in [0.5, 0.6) is 11.5 Å². The molecule has 1 N–H and O–H groups in total. The molecule has 4 nitrogen and oxygen atoms in total. The Morgan fingerprint density at radius 1 is 1.14 bits per heavy atom. The van der Waals surface area contributed by atoms with E-state index in [-0.39, 0.29) is 6.04 Å². The monoisotopic (exact) mass is 291 g/mol. The van der Waals surface area contributed by atoms with E-state index < -0.39 is 0 Å². The summed E-state index contributed by atoms with van der Waals surface area (Å²) < 4.78 is 17.0. The van der Waals surface area contributed by atoms with Gasteiger partial charge in [0.05, 0.1) is 19.3 Å². The van der Waals surface area contributed by atoms with Crippen LogP contribution >= 0.6 is 0 Å². The lowest BCUT2D eigenvalue weighted by molar-refractivity contribution is 0.0819. The van der Waals surface area contributed by atoms with Crippen molar-refractivity contribution in [2.24, 2.45) is 0 Å². The van der Waals surface area contributed by atoms with Gasteiger partial charge in [0.15, 0.2) is 11.5 Å². The largest absolute Gasteiger partial charge is 0.490 e. The van der Waals surface area contributed by atoms with Crippen molar-refractivity contribution in [3.8, 4) is 11.5 Å². The number of hydrogen-bond acceptors (Lipinski definition) is 4. The summed E-state index contributed by atoms with van der Waals surface area (Å²) in [5.74, 6) is 1.73. The molecule has 2 aliphatic rings. The minimum atomic E-state index is 0.280. The number of benzene rings is 1. The number of nitrogens with one attached hydrogen (secondary N) is 1. The zero-order valence-electron chi connectivity index (χ0n) is 12.9. The highest BCUT2D eigenvalue weighted by molar-refractivity contribution is 5.44. The topological polar surface area (TPSA) is 39.7 Å². The minimum Gasteiger partial charge on any atom is -0.490 e. The average molecular weight is 291 g/mol. The van der Waals surface area contributed by atoms with Crippen LogP contribution in [0, 0.1) is 0 Å². The summed E-state index contributed by atoms with van der Waals surface area (Å²) in [4.78, 5) is 0. The molecule has 0 amide bonds. The molecule has 0 saturated heterocycles. The van der Waals surface area contributed by atoms with Crippen LogP contribution in [0.1, 0.15) is 44.2 Å². The Balaban J connectivity index is 1.69. The SMILES string of the molecule is COC1CCCC1NC(C)c1ccc2c(c1)OCCCO2. The van der Waals surface area contributed by atoms with Gasteiger partial charge in [-0.05, 0) is 43.9 Å². The van der Waals surface area contributed by atoms with Crippen LogP contribution in [0.3, 0.4) is 0 Å². The summed E-state index contributed by atoms with van der Waals surface area (Å²) in [6.07, 6.45) is 4.86. The second-order valence-corrected chi connectivity index (χ2v) is 5.96. The molecule has 116 valence electrons. The summed E-state index contributed by atoms with van der Waals surface area (Å²) in [5.41, 5.74) is 1.24. The van der Waals surface area contributed by atoms with Crippen molar-refractivity contribution in [3.63, 3.8) is 0 Å². The molecule has 1 aromatic rings. The molecule has 1 aliphatic carbocycles. The Kier molecular flexibility index (Phi) is 4.66. The molecule has 3 rings (SSSR count). The Bertz CT molecular complexity index is 477. The third-order valence-corrected chi connectivity index (χ3v) is 4.49. The van der Waals surface area contributed by atoms with E-state index in [1.807, 2.05) is 13.2 Å². The first-order valence-electron chi connectivity index (χ1n) is 7.96. The molecule has 21 heavy (non-hydrogen) atoms. The van der Waals surface area contributed by atoms with Crippen LogP contribution in [0.4, 0.5) is 0 Å². The van der Waals surface area contributed by atoms with Gasteiger partial charge < -0.3 is 19.5 Å². The first-order chi connectivity index (χ1) is 10.3. The van der Waals surface area contributed by atoms with Crippen molar-refractivity contribution in [1.82, 2.24) is 5.32 Å². The fourth-order valence-electron chi connectivity index (χ4n) is 3.27. The van der Waals surface area contributed by atoms with Gasteiger partial charge in [-0.25, -0.2) is 0 Å². The van der Waals surface area contributed by atoms with Crippen LogP contribution in [0.2, 0.25) is 0 Å². The van der Waals surface area contributed by atoms with Gasteiger partial charge in [0.1, 0.15) is 0 Å². The highest BCUT2D eigenvalue weighted by Crippen LogP contribution is 2.33. The smallest absolute Gasteiger partial charge is 0.161 e. The van der Waals surface area contributed by atoms with Crippen molar-refractivity contribution in [3.05, 3.63) is 23.8 Å². The van der Waals surface area contributed by atoms with E-state index in [1.54, 1.807) is 0 Å². The first-order valence-corrected chi connectivity index (χ1v) is 7.96. The maximum atomic E-state index is 5.77. The molecule has 0 radical (unpaired) electrons. The van der Waals surface area contributed by atoms with Gasteiger partial charge in [0, 0.05) is 25.6 Å². The van der Waals surface area contributed by atoms with Crippen LogP contribution in [0.15, 0.2) is 18.2 Å². The molecule has 3 unspecified atom stereocenters. The predicted molar refractivity (Wildman–Crippen MR) is 82.0 cm³/mol. The van der Waals surface area contributed by atoms with Crippen molar-refractivity contribution < 1.29 is 14.2 Å². The van der Waals surface area contributed by atoms with E-state index in [4.69, 9.17) is 14.2 Å². The lowest BCUT2D eigenvalue weighted by atomic mass is 10.1. The zero-order chi connectivity index (χ0) is 14.7. The van der Waals surface area contributed by atoms with Crippen LogP contribution < -0.4 is 14.8 Å². The van der Waals surface area contributed by atoms with E-state index >= 15 is 0 Å². The summed E-state index contributed by atoms with van der Waals surface area (Å²) in [6, 6.07) is 6.98. The fourth-order valence-corrected chi connectivity index (χ4v) is 3.27. The van der Waals surface area contributed by atoms with Crippen LogP contribution in [0.25, 0.3) is 0 Å². The summed E-state index contributed by atoms with van der Waals surface area (Å²) in [5, 5.41) is 3.70. The molecule has 0 bridgehead atoms. The number of ether oxygens (including phenoxy) is 3. The lowest BCUT2D eigenvalue weighted by Crippen LogP contribution is -2.38. The third kappa shape index (κ3) is 3.33. The number of rotatable bonds is 4. The standard InChI is InChI=1S/C17H25NO3/c1-12(18-14-5-3-6-15(14)19-2)13-7-8-16-17(11-13)21-10-4-9-20-16/h7-8,11-12,14-15,18H,3-6,9-10H2,1-2H3. The van der Waals surface area contributed by atoms with E-state index in [0.29, 0.717) is 12.1 Å². The molecular formula is C17H25NO3. The number of methoxy groups -OCH3 is 1. The molecular weight excluding hydrogens is 266 g/mol. The van der Waals surface area contributed by atoms with Crippen molar-refractivity contribution in [2.75, 3.05) is 20.3 Å². The average Bonchev–Trinajstić information content (AvgIpc) is 2.81. The Hall–Kier alpha value is -1.26. The highest BCUT2D eigenvalue weighted by atomic mass is 16.5. The van der Waals surface area contributed by atoms with E-state index in [0.717, 1.165) is 37.6 Å². The van der Waals surface area contributed by atoms with Gasteiger partial charge in [0.2, 0.25) is 0 Å². The van der Waals surface area contributed by atoms with Gasteiger partial charge >= 0.3 is 0 Å². The molecule has 1 heterocycles. The molecule has 4 heteroatoms. The van der Waals surface area contributed by atoms with Gasteiger partial charge in [-0.2, -0.15) is 0 Å². The fraction of sp³-hybridized carbons (Fsp3) is 0.647. The van der Waals surface area contributed by atoms with Crippen LogP contribution in [-0.2, 0) is 4.74 Å². The first kappa shape index (κ1) is 14.7. The van der Waals surface area contributed by atoms with Gasteiger partial charge in [-0.15, -0.1) is 0 Å². The predicted octanol–water partition coefficient (Wildman–Crippen LogP) is 3.07. The molecule has 3 atom stereocenters. The number of fused-ring (bicyclic) bond motifs is 1. The molecule has 0 aromatic heterocycles. The molecule has 1 fully saturated rings. The van der Waals surface area contributed by atoms with E-state index in [2.05, 4.69) is 24.4 Å². The molecule has 1 saturated carbocycles. The third-order valence-electron chi connectivity index (χ3n) is 4.49. The molecule has 1 aliphatic heterocycles. The van der Waals surface area contributed by atoms with Crippen molar-refractivity contribution in [1.29, 1.82) is 0 Å². The summed E-state index contributed by atoms with van der Waals surface area (Å²) in [7, 11) is 1.81. The van der Waals surface area contributed by atoms with Crippen molar-refractivity contribution >= 4 is 0 Å². The molecule has 0 spiro atoms. The highest BCUT2D eigenvalue weighted by Gasteiger charge is 2.28. The minimum absolute atomic E-state index is 0.280. The summed E-state index contributed by atoms with van der Waals surface area (Å²) >= 11 is 0. The Morgan fingerprint density at radius 2 is 1.95 bits per heavy atom. The zero-order valence-corrected chi connectivity index (χ0v) is 12.9. The van der Waals surface area contributed by atoms with Gasteiger partial charge in [0.25, 0.3) is 0 Å². The Labute approximate surface area is 126 Å². The second-order valence-electron chi connectivity index (χ2n) is 5.96. The van der Waals surface area contributed by atoms with Crippen LogP contribution in [-0.4, -0.2) is 32.5 Å². The quantitative estimate of drug-likeness (QED) is 0.925. The Morgan fingerprint density at radius 3 is 2.76 bits per heavy atom. The maximum Gasteiger partial charge on any atom is 0.161 e. The maximum absolute atomic E-state index is 5.77. The van der Waals surface area contributed by atoms with E-state index in [9.17, 15) is 0 Å². The van der Waals surface area contributed by atoms with Crippen molar-refractivity contribution in [2.45, 2.75) is 50.8 Å². The molecule has 1 aromatic carbocycles. The van der Waals surface area contributed by atoms with Gasteiger partial charge in [-0.3, -0.25) is 0 Å². The van der Waals surface area contributed by atoms with Gasteiger partial charge in [-0.1, -0.05) is 6.07 Å². The second kappa shape index (κ2) is 6.67.